The summed E-state index contributed by atoms with van der Waals surface area (Å²) in [6.45, 7) is 1.66. The summed E-state index contributed by atoms with van der Waals surface area (Å²) in [6.07, 6.45) is 5.71. The van der Waals surface area contributed by atoms with Crippen molar-refractivity contribution in [1.29, 1.82) is 0 Å². The van der Waals surface area contributed by atoms with Gasteiger partial charge < -0.3 is 14.0 Å². The zero-order chi connectivity index (χ0) is 10.5. The minimum Gasteiger partial charge on any atom is -0.353 e. The van der Waals surface area contributed by atoms with Crippen molar-refractivity contribution in [2.75, 3.05) is 19.0 Å². The smallest absolute Gasteiger partial charge is 0.167 e. The van der Waals surface area contributed by atoms with Crippen LogP contribution in [0.15, 0.2) is 17.6 Å². The molecule has 0 amide bonds. The molecule has 15 heavy (non-hydrogen) atoms. The van der Waals surface area contributed by atoms with E-state index in [1.807, 2.05) is 24.0 Å². The van der Waals surface area contributed by atoms with Gasteiger partial charge in [-0.1, -0.05) is 11.8 Å². The highest BCUT2D eigenvalue weighted by Gasteiger charge is 2.13. The fourth-order valence-electron chi connectivity index (χ4n) is 1.44. The van der Waals surface area contributed by atoms with Crippen LogP contribution in [0.3, 0.4) is 0 Å². The van der Waals surface area contributed by atoms with Crippen molar-refractivity contribution in [3.8, 4) is 0 Å². The van der Waals surface area contributed by atoms with E-state index in [4.69, 9.17) is 9.47 Å². The Kier molecular flexibility index (Phi) is 4.05. The van der Waals surface area contributed by atoms with Gasteiger partial charge in [-0.05, 0) is 6.42 Å². The van der Waals surface area contributed by atoms with Crippen molar-refractivity contribution in [1.82, 2.24) is 9.55 Å². The average molecular weight is 228 g/mol. The van der Waals surface area contributed by atoms with Crippen LogP contribution in [0.5, 0.6) is 0 Å². The normalized spacial score (nSPS) is 18.2. The molecule has 0 N–H and O–H groups in total. The molecular weight excluding hydrogens is 212 g/mol. The van der Waals surface area contributed by atoms with Gasteiger partial charge in [0, 0.05) is 31.6 Å². The molecule has 1 aromatic heterocycles. The molecular formula is C10H16N2O2S. The van der Waals surface area contributed by atoms with Crippen molar-refractivity contribution in [2.45, 2.75) is 24.3 Å². The molecule has 5 heteroatoms. The van der Waals surface area contributed by atoms with Gasteiger partial charge in [-0.2, -0.15) is 0 Å². The second-order valence-electron chi connectivity index (χ2n) is 3.48. The van der Waals surface area contributed by atoms with Crippen LogP contribution >= 0.6 is 11.8 Å². The van der Waals surface area contributed by atoms with E-state index in [-0.39, 0.29) is 6.29 Å². The quantitative estimate of drug-likeness (QED) is 0.734. The molecule has 84 valence electrons. The van der Waals surface area contributed by atoms with Gasteiger partial charge in [0.2, 0.25) is 0 Å². The maximum atomic E-state index is 5.46. The van der Waals surface area contributed by atoms with Crippen LogP contribution in [0, 0.1) is 0 Å². The van der Waals surface area contributed by atoms with Crippen molar-refractivity contribution in [3.63, 3.8) is 0 Å². The Morgan fingerprint density at radius 2 is 2.33 bits per heavy atom. The lowest BCUT2D eigenvalue weighted by molar-refractivity contribution is -0.178. The van der Waals surface area contributed by atoms with Gasteiger partial charge in [-0.15, -0.1) is 0 Å². The lowest BCUT2D eigenvalue weighted by Gasteiger charge is -2.22. The molecule has 1 saturated heterocycles. The molecule has 0 saturated carbocycles. The molecule has 0 radical (unpaired) electrons. The van der Waals surface area contributed by atoms with Crippen LogP contribution in [0.2, 0.25) is 0 Å². The van der Waals surface area contributed by atoms with Gasteiger partial charge in [0.05, 0.1) is 13.2 Å². The number of aromatic nitrogens is 2. The monoisotopic (exact) mass is 228 g/mol. The molecule has 0 spiro atoms. The molecule has 1 fully saturated rings. The third kappa shape index (κ3) is 3.22. The predicted molar refractivity (Wildman–Crippen MR) is 58.9 cm³/mol. The molecule has 4 nitrogen and oxygen atoms in total. The summed E-state index contributed by atoms with van der Waals surface area (Å²) < 4.78 is 13.0. The largest absolute Gasteiger partial charge is 0.353 e. The lowest BCUT2D eigenvalue weighted by atomic mass is 10.4. The average Bonchev–Trinajstić information content (AvgIpc) is 2.66. The maximum Gasteiger partial charge on any atom is 0.167 e. The summed E-state index contributed by atoms with van der Waals surface area (Å²) in [5.41, 5.74) is 0. The Balaban J connectivity index is 1.68. The number of rotatable bonds is 4. The summed E-state index contributed by atoms with van der Waals surface area (Å²) in [5.74, 6) is 0.982. The summed E-state index contributed by atoms with van der Waals surface area (Å²) in [7, 11) is 2.00. The first-order valence-corrected chi connectivity index (χ1v) is 6.18. The summed E-state index contributed by atoms with van der Waals surface area (Å²) >= 11 is 1.74. The minimum atomic E-state index is -0.00785. The van der Waals surface area contributed by atoms with Gasteiger partial charge >= 0.3 is 0 Å². The molecule has 2 rings (SSSR count). The van der Waals surface area contributed by atoms with Crippen molar-refractivity contribution >= 4 is 11.8 Å². The summed E-state index contributed by atoms with van der Waals surface area (Å²) in [4.78, 5) is 4.24. The number of thioether (sulfide) groups is 1. The Hall–Kier alpha value is -0.520. The fraction of sp³-hybridized carbons (Fsp3) is 0.700. The molecule has 0 aromatic carbocycles. The lowest BCUT2D eigenvalue weighted by Crippen LogP contribution is -2.25. The molecule has 1 aliphatic rings. The van der Waals surface area contributed by atoms with Gasteiger partial charge in [0.1, 0.15) is 0 Å². The molecule has 0 atom stereocenters. The van der Waals surface area contributed by atoms with E-state index < -0.39 is 0 Å². The predicted octanol–water partition coefficient (Wildman–Crippen LogP) is 1.67. The van der Waals surface area contributed by atoms with E-state index in [0.717, 1.165) is 37.0 Å². The highest BCUT2D eigenvalue weighted by molar-refractivity contribution is 7.99. The van der Waals surface area contributed by atoms with Crippen LogP contribution in [-0.2, 0) is 16.5 Å². The Bertz CT molecular complexity index is 297. The van der Waals surface area contributed by atoms with Gasteiger partial charge in [0.15, 0.2) is 11.4 Å². The first-order valence-electron chi connectivity index (χ1n) is 5.19. The highest BCUT2D eigenvalue weighted by atomic mass is 32.2. The van der Waals surface area contributed by atoms with Crippen molar-refractivity contribution in [3.05, 3.63) is 12.4 Å². The number of ether oxygens (including phenoxy) is 2. The SMILES string of the molecule is Cn1ccnc1SCCC1OCCCO1. The zero-order valence-corrected chi connectivity index (χ0v) is 9.70. The zero-order valence-electron chi connectivity index (χ0n) is 8.89. The number of nitrogens with zero attached hydrogens (tertiary/aromatic N) is 2. The maximum absolute atomic E-state index is 5.46. The van der Waals surface area contributed by atoms with Gasteiger partial charge in [0.25, 0.3) is 0 Å². The van der Waals surface area contributed by atoms with Crippen LogP contribution in [0.4, 0.5) is 0 Å². The Morgan fingerprint density at radius 3 is 3.00 bits per heavy atom. The third-order valence-corrected chi connectivity index (χ3v) is 3.35. The first kappa shape index (κ1) is 11.0. The van der Waals surface area contributed by atoms with Crippen LogP contribution in [0.25, 0.3) is 0 Å². The van der Waals surface area contributed by atoms with E-state index in [2.05, 4.69) is 4.98 Å². The Labute approximate surface area is 94.0 Å². The second-order valence-corrected chi connectivity index (χ2v) is 4.54. The molecule has 0 aliphatic carbocycles. The number of hydrogen-bond acceptors (Lipinski definition) is 4. The van der Waals surface area contributed by atoms with Crippen molar-refractivity contribution in [2.24, 2.45) is 7.05 Å². The van der Waals surface area contributed by atoms with Crippen molar-refractivity contribution < 1.29 is 9.47 Å². The number of aryl methyl sites for hydroxylation is 1. The number of hydrogen-bond donors (Lipinski definition) is 0. The standard InChI is InChI=1S/C10H16N2O2S/c1-12-5-4-11-10(12)15-8-3-9-13-6-2-7-14-9/h4-5,9H,2-3,6-8H2,1H3. The number of imidazole rings is 1. The molecule has 2 heterocycles. The molecule has 0 unspecified atom stereocenters. The second kappa shape index (κ2) is 5.53. The van der Waals surface area contributed by atoms with Gasteiger partial charge in [-0.25, -0.2) is 4.98 Å². The minimum absolute atomic E-state index is 0.00785. The van der Waals surface area contributed by atoms with Gasteiger partial charge in [-0.3, -0.25) is 0 Å². The Morgan fingerprint density at radius 1 is 1.53 bits per heavy atom. The molecule has 1 aliphatic heterocycles. The van der Waals surface area contributed by atoms with E-state index in [0.29, 0.717) is 0 Å². The molecule has 0 bridgehead atoms. The van der Waals surface area contributed by atoms with E-state index >= 15 is 0 Å². The topological polar surface area (TPSA) is 36.3 Å². The van der Waals surface area contributed by atoms with Crippen LogP contribution < -0.4 is 0 Å². The van der Waals surface area contributed by atoms with Crippen LogP contribution in [0.1, 0.15) is 12.8 Å². The first-order chi connectivity index (χ1) is 7.36. The summed E-state index contributed by atoms with van der Waals surface area (Å²) in [5, 5.41) is 1.05. The van der Waals surface area contributed by atoms with E-state index in [1.165, 1.54) is 0 Å². The molecule has 1 aromatic rings. The third-order valence-electron chi connectivity index (χ3n) is 2.26. The van der Waals surface area contributed by atoms with E-state index in [1.54, 1.807) is 11.8 Å². The fourth-order valence-corrected chi connectivity index (χ4v) is 2.33. The summed E-state index contributed by atoms with van der Waals surface area (Å²) in [6, 6.07) is 0. The highest BCUT2D eigenvalue weighted by Crippen LogP contribution is 2.18. The van der Waals surface area contributed by atoms with Crippen LogP contribution in [-0.4, -0.2) is 34.8 Å². The van der Waals surface area contributed by atoms with E-state index in [9.17, 15) is 0 Å².